The summed E-state index contributed by atoms with van der Waals surface area (Å²) in [6.45, 7) is 0. The summed E-state index contributed by atoms with van der Waals surface area (Å²) in [6, 6.07) is 4.08. The molecule has 76 valence electrons. The van der Waals surface area contributed by atoms with Crippen LogP contribution in [0.3, 0.4) is 0 Å². The third kappa shape index (κ3) is 1.71. The number of hydrogen-bond acceptors (Lipinski definition) is 4. The number of hydrogen-bond donors (Lipinski definition) is 2. The van der Waals surface area contributed by atoms with Crippen molar-refractivity contribution in [3.05, 3.63) is 35.9 Å². The Bertz CT molecular complexity index is 468. The van der Waals surface area contributed by atoms with Gasteiger partial charge in [-0.3, -0.25) is 9.59 Å². The van der Waals surface area contributed by atoms with Gasteiger partial charge in [0.25, 0.3) is 0 Å². The van der Waals surface area contributed by atoms with Gasteiger partial charge in [0.15, 0.2) is 6.29 Å². The molecule has 1 aliphatic heterocycles. The lowest BCUT2D eigenvalue weighted by Crippen LogP contribution is -2.18. The van der Waals surface area contributed by atoms with Crippen LogP contribution in [0.15, 0.2) is 30.1 Å². The first-order valence-corrected chi connectivity index (χ1v) is 4.23. The van der Waals surface area contributed by atoms with Crippen molar-refractivity contribution < 1.29 is 14.0 Å². The van der Waals surface area contributed by atoms with E-state index < -0.39 is 11.6 Å². The van der Waals surface area contributed by atoms with Gasteiger partial charge in [0.2, 0.25) is 5.78 Å². The summed E-state index contributed by atoms with van der Waals surface area (Å²) in [5, 5.41) is 5.45. The van der Waals surface area contributed by atoms with E-state index in [-0.39, 0.29) is 12.0 Å². The lowest BCUT2D eigenvalue weighted by molar-refractivity contribution is -0.127. The number of fused-ring (bicyclic) bond motifs is 1. The predicted octanol–water partition coefficient (Wildman–Crippen LogP) is 1.27. The Morgan fingerprint density at radius 1 is 1.33 bits per heavy atom. The van der Waals surface area contributed by atoms with Crippen LogP contribution >= 0.6 is 0 Å². The van der Waals surface area contributed by atoms with Gasteiger partial charge in [0.1, 0.15) is 11.5 Å². The molecule has 15 heavy (non-hydrogen) atoms. The summed E-state index contributed by atoms with van der Waals surface area (Å²) < 4.78 is 12.9. The lowest BCUT2D eigenvalue weighted by Gasteiger charge is -2.18. The van der Waals surface area contributed by atoms with E-state index >= 15 is 0 Å². The molecule has 0 amide bonds. The summed E-state index contributed by atoms with van der Waals surface area (Å²) in [6.07, 6.45) is 1.57. The Labute approximate surface area is 84.8 Å². The van der Waals surface area contributed by atoms with Gasteiger partial charge in [-0.05, 0) is 18.2 Å². The highest BCUT2D eigenvalue weighted by Crippen LogP contribution is 2.27. The molecular formula is C10H7FN2O2. The molecule has 0 aromatic heterocycles. The van der Waals surface area contributed by atoms with E-state index in [0.29, 0.717) is 11.4 Å². The number of aldehydes is 1. The second kappa shape index (κ2) is 3.53. The standard InChI is InChI=1S/C10H7FN2O2/c11-6-1-2-7-8(3-6)13-9(4-12-7)10(15)5-14/h1-5,12-13H. The average molecular weight is 206 g/mol. The van der Waals surface area contributed by atoms with E-state index in [1.54, 1.807) is 0 Å². The lowest BCUT2D eigenvalue weighted by atomic mass is 10.2. The average Bonchev–Trinajstić information content (AvgIpc) is 2.27. The van der Waals surface area contributed by atoms with Crippen molar-refractivity contribution in [2.75, 3.05) is 10.6 Å². The number of carbonyl (C=O) groups is 2. The van der Waals surface area contributed by atoms with Crippen LogP contribution in [-0.4, -0.2) is 12.1 Å². The summed E-state index contributed by atoms with van der Waals surface area (Å²) >= 11 is 0. The van der Waals surface area contributed by atoms with Gasteiger partial charge in [0.05, 0.1) is 11.4 Å². The zero-order valence-electron chi connectivity index (χ0n) is 7.58. The minimum Gasteiger partial charge on any atom is -0.358 e. The first-order valence-electron chi connectivity index (χ1n) is 4.23. The number of ketones is 1. The van der Waals surface area contributed by atoms with E-state index in [1.165, 1.54) is 24.4 Å². The molecular weight excluding hydrogens is 199 g/mol. The highest BCUT2D eigenvalue weighted by atomic mass is 19.1. The summed E-state index contributed by atoms with van der Waals surface area (Å²) in [4.78, 5) is 21.3. The number of anilines is 2. The molecule has 0 bridgehead atoms. The second-order valence-corrected chi connectivity index (χ2v) is 3.00. The molecule has 0 aliphatic carbocycles. The number of Topliss-reactive ketones (excluding diaryl/α,β-unsaturated/α-hetero) is 1. The van der Waals surface area contributed by atoms with Crippen LogP contribution in [0.4, 0.5) is 15.8 Å². The Morgan fingerprint density at radius 3 is 2.87 bits per heavy atom. The van der Waals surface area contributed by atoms with Crippen molar-refractivity contribution in [3.63, 3.8) is 0 Å². The summed E-state index contributed by atoms with van der Waals surface area (Å²) in [5.41, 5.74) is 1.18. The largest absolute Gasteiger partial charge is 0.358 e. The first kappa shape index (κ1) is 9.39. The molecule has 0 atom stereocenters. The van der Waals surface area contributed by atoms with Crippen LogP contribution in [0.2, 0.25) is 0 Å². The predicted molar refractivity (Wildman–Crippen MR) is 52.8 cm³/mol. The van der Waals surface area contributed by atoms with Crippen molar-refractivity contribution in [3.8, 4) is 0 Å². The van der Waals surface area contributed by atoms with Crippen LogP contribution in [0.5, 0.6) is 0 Å². The van der Waals surface area contributed by atoms with Gasteiger partial charge in [0, 0.05) is 6.20 Å². The molecule has 1 heterocycles. The smallest absolute Gasteiger partial charge is 0.242 e. The highest BCUT2D eigenvalue weighted by molar-refractivity contribution is 6.34. The Hall–Kier alpha value is -2.17. The van der Waals surface area contributed by atoms with E-state index in [2.05, 4.69) is 10.6 Å². The Kier molecular flexibility index (Phi) is 2.21. The molecule has 5 heteroatoms. The maximum absolute atomic E-state index is 12.9. The monoisotopic (exact) mass is 206 g/mol. The fourth-order valence-corrected chi connectivity index (χ4v) is 1.27. The fourth-order valence-electron chi connectivity index (χ4n) is 1.27. The third-order valence-corrected chi connectivity index (χ3v) is 2.00. The molecule has 0 saturated carbocycles. The van der Waals surface area contributed by atoms with Crippen molar-refractivity contribution >= 4 is 23.4 Å². The van der Waals surface area contributed by atoms with Crippen molar-refractivity contribution in [1.82, 2.24) is 0 Å². The van der Waals surface area contributed by atoms with Gasteiger partial charge < -0.3 is 10.6 Å². The molecule has 1 aliphatic rings. The van der Waals surface area contributed by atoms with Crippen LogP contribution < -0.4 is 10.6 Å². The van der Waals surface area contributed by atoms with E-state index in [0.717, 1.165) is 0 Å². The Balaban J connectivity index is 2.32. The van der Waals surface area contributed by atoms with Crippen molar-refractivity contribution in [1.29, 1.82) is 0 Å². The third-order valence-electron chi connectivity index (χ3n) is 2.00. The molecule has 0 unspecified atom stereocenters. The maximum Gasteiger partial charge on any atom is 0.242 e. The molecule has 1 aromatic carbocycles. The molecule has 0 spiro atoms. The number of halogens is 1. The number of rotatable bonds is 2. The molecule has 0 fully saturated rings. The normalized spacial score (nSPS) is 13.0. The number of nitrogens with one attached hydrogen (secondary N) is 2. The quantitative estimate of drug-likeness (QED) is 0.565. The maximum atomic E-state index is 12.9. The van der Waals surface area contributed by atoms with E-state index in [9.17, 15) is 14.0 Å². The second-order valence-electron chi connectivity index (χ2n) is 3.00. The summed E-state index contributed by atoms with van der Waals surface area (Å²) in [5.74, 6) is -1.10. The van der Waals surface area contributed by atoms with Crippen LogP contribution in [0.1, 0.15) is 0 Å². The van der Waals surface area contributed by atoms with Gasteiger partial charge in [-0.25, -0.2) is 4.39 Å². The van der Waals surface area contributed by atoms with Gasteiger partial charge >= 0.3 is 0 Å². The van der Waals surface area contributed by atoms with Gasteiger partial charge in [-0.2, -0.15) is 0 Å². The van der Waals surface area contributed by atoms with Crippen molar-refractivity contribution in [2.45, 2.75) is 0 Å². The van der Waals surface area contributed by atoms with Crippen LogP contribution in [0.25, 0.3) is 0 Å². The SMILES string of the molecule is O=CC(=O)C1=CNc2ccc(F)cc2N1. The minimum absolute atomic E-state index is 0.100. The molecule has 0 saturated heterocycles. The van der Waals surface area contributed by atoms with Crippen molar-refractivity contribution in [2.24, 2.45) is 0 Å². The zero-order valence-corrected chi connectivity index (χ0v) is 7.58. The zero-order chi connectivity index (χ0) is 10.8. The van der Waals surface area contributed by atoms with Gasteiger partial charge in [-0.1, -0.05) is 0 Å². The van der Waals surface area contributed by atoms with Crippen LogP contribution in [-0.2, 0) is 9.59 Å². The number of allylic oxidation sites excluding steroid dienone is 1. The first-order chi connectivity index (χ1) is 7.20. The topological polar surface area (TPSA) is 58.2 Å². The molecule has 2 N–H and O–H groups in total. The highest BCUT2D eigenvalue weighted by Gasteiger charge is 2.15. The Morgan fingerprint density at radius 2 is 2.13 bits per heavy atom. The molecule has 2 rings (SSSR count). The van der Waals surface area contributed by atoms with E-state index in [1.807, 2.05) is 0 Å². The van der Waals surface area contributed by atoms with Gasteiger partial charge in [-0.15, -0.1) is 0 Å². The fraction of sp³-hybridized carbons (Fsp3) is 0. The van der Waals surface area contributed by atoms with E-state index in [4.69, 9.17) is 0 Å². The summed E-state index contributed by atoms with van der Waals surface area (Å²) in [7, 11) is 0. The molecule has 4 nitrogen and oxygen atoms in total. The molecule has 1 aromatic rings. The minimum atomic E-state index is -0.683. The number of carbonyl (C=O) groups excluding carboxylic acids is 2. The molecule has 0 radical (unpaired) electrons. The number of benzene rings is 1. The van der Waals surface area contributed by atoms with Crippen LogP contribution in [0, 0.1) is 5.82 Å².